The minimum Gasteiger partial charge on any atom is -0.422 e. The first-order valence-corrected chi connectivity index (χ1v) is 10.4. The number of hydrogen-bond donors (Lipinski definition) is 2. The summed E-state index contributed by atoms with van der Waals surface area (Å²) in [6, 6.07) is 15.8. The summed E-state index contributed by atoms with van der Waals surface area (Å²) in [5.41, 5.74) is 3.38. The molecule has 0 spiro atoms. The lowest BCUT2D eigenvalue weighted by atomic mass is 10.2. The lowest BCUT2D eigenvalue weighted by Gasteiger charge is -2.10. The largest absolute Gasteiger partial charge is 0.422 e. The summed E-state index contributed by atoms with van der Waals surface area (Å²) in [5, 5.41) is 1.27. The number of rotatable bonds is 4. The van der Waals surface area contributed by atoms with Crippen LogP contribution in [0.5, 0.6) is 0 Å². The first kappa shape index (κ1) is 22.3. The molecular formula is C23H15Cl2N3O5. The number of fused-ring (bicyclic) bond motifs is 1. The average molecular weight is 484 g/mol. The van der Waals surface area contributed by atoms with Crippen LogP contribution in [0.4, 0.5) is 0 Å². The number of pyridine rings is 1. The van der Waals surface area contributed by atoms with Crippen LogP contribution in [0.15, 0.2) is 80.9 Å². The molecule has 2 aromatic carbocycles. The summed E-state index contributed by atoms with van der Waals surface area (Å²) in [7, 11) is 0. The van der Waals surface area contributed by atoms with Gasteiger partial charge in [-0.15, -0.1) is 0 Å². The summed E-state index contributed by atoms with van der Waals surface area (Å²) >= 11 is 11.9. The van der Waals surface area contributed by atoms with E-state index in [2.05, 4.69) is 10.9 Å². The number of carbonyl (C=O) groups is 2. The molecule has 8 nitrogen and oxygen atoms in total. The van der Waals surface area contributed by atoms with Gasteiger partial charge in [-0.05, 0) is 42.0 Å². The quantitative estimate of drug-likeness (QED) is 0.341. The SMILES string of the molecule is O=C(NNC(=O)c1cccn(Cc2ccc(Cl)c(Cl)c2)c1=O)c1cc2ccccc2oc1=O. The average Bonchev–Trinajstić information content (AvgIpc) is 2.80. The Bertz CT molecular complexity index is 1510. The standard InChI is InChI=1S/C23H15Cl2N3O5/c24-17-8-7-13(10-18(17)25)12-28-9-3-5-15(22(28)31)20(29)26-27-21(30)16-11-14-4-1-2-6-19(14)33-23(16)32/h1-11H,12H2,(H,26,29)(H,27,30). The molecule has 2 aromatic heterocycles. The topological polar surface area (TPSA) is 110 Å². The molecule has 0 radical (unpaired) electrons. The molecule has 4 aromatic rings. The maximum absolute atomic E-state index is 12.7. The smallest absolute Gasteiger partial charge is 0.349 e. The lowest BCUT2D eigenvalue weighted by Crippen LogP contribution is -2.45. The molecular weight excluding hydrogens is 469 g/mol. The Balaban J connectivity index is 1.50. The van der Waals surface area contributed by atoms with Gasteiger partial charge in [0, 0.05) is 11.6 Å². The number of carbonyl (C=O) groups excluding carboxylic acids is 2. The van der Waals surface area contributed by atoms with Crippen molar-refractivity contribution in [2.24, 2.45) is 0 Å². The van der Waals surface area contributed by atoms with Crippen molar-refractivity contribution in [1.82, 2.24) is 15.4 Å². The van der Waals surface area contributed by atoms with Gasteiger partial charge in [0.2, 0.25) is 0 Å². The van der Waals surface area contributed by atoms with Crippen molar-refractivity contribution in [2.75, 3.05) is 0 Å². The van der Waals surface area contributed by atoms with Crippen LogP contribution in [0, 0.1) is 0 Å². The summed E-state index contributed by atoms with van der Waals surface area (Å²) < 4.78 is 6.43. The molecule has 0 aliphatic rings. The number of hydrazine groups is 1. The second-order valence-electron chi connectivity index (χ2n) is 7.00. The van der Waals surface area contributed by atoms with Gasteiger partial charge in [0.05, 0.1) is 16.6 Å². The van der Waals surface area contributed by atoms with Gasteiger partial charge in [-0.1, -0.05) is 47.5 Å². The summed E-state index contributed by atoms with van der Waals surface area (Å²) in [5.74, 6) is -1.73. The Kier molecular flexibility index (Phi) is 6.30. The van der Waals surface area contributed by atoms with E-state index in [1.165, 1.54) is 29.0 Å². The Morgan fingerprint density at radius 3 is 2.33 bits per heavy atom. The molecule has 4 rings (SSSR count). The van der Waals surface area contributed by atoms with Gasteiger partial charge in [0.25, 0.3) is 17.4 Å². The molecule has 0 fully saturated rings. The summed E-state index contributed by atoms with van der Waals surface area (Å²) in [6.07, 6.45) is 1.51. The lowest BCUT2D eigenvalue weighted by molar-refractivity contribution is 0.0843. The van der Waals surface area contributed by atoms with Crippen molar-refractivity contribution in [3.05, 3.63) is 114 Å². The molecule has 0 unspecified atom stereocenters. The molecule has 0 bridgehead atoms. The molecule has 2 heterocycles. The van der Waals surface area contributed by atoms with Crippen LogP contribution in [0.2, 0.25) is 10.0 Å². The summed E-state index contributed by atoms with van der Waals surface area (Å²) in [4.78, 5) is 49.8. The van der Waals surface area contributed by atoms with Crippen LogP contribution < -0.4 is 22.0 Å². The van der Waals surface area contributed by atoms with Gasteiger partial charge in [-0.25, -0.2) is 4.79 Å². The van der Waals surface area contributed by atoms with Gasteiger partial charge in [-0.3, -0.25) is 25.2 Å². The number of para-hydroxylation sites is 1. The van der Waals surface area contributed by atoms with Crippen molar-refractivity contribution >= 4 is 46.0 Å². The van der Waals surface area contributed by atoms with Gasteiger partial charge in [-0.2, -0.15) is 0 Å². The minimum atomic E-state index is -0.880. The Labute approximate surface area is 196 Å². The van der Waals surface area contributed by atoms with E-state index >= 15 is 0 Å². The van der Waals surface area contributed by atoms with Crippen molar-refractivity contribution in [3.63, 3.8) is 0 Å². The Morgan fingerprint density at radius 1 is 0.848 bits per heavy atom. The second kappa shape index (κ2) is 9.32. The van der Waals surface area contributed by atoms with Gasteiger partial charge in [0.15, 0.2) is 0 Å². The van der Waals surface area contributed by atoms with E-state index in [1.54, 1.807) is 42.5 Å². The number of nitrogens with zero attached hydrogens (tertiary/aromatic N) is 1. The molecule has 0 aliphatic carbocycles. The van der Waals surface area contributed by atoms with Crippen molar-refractivity contribution in [2.45, 2.75) is 6.54 Å². The number of amides is 2. The zero-order valence-corrected chi connectivity index (χ0v) is 18.3. The predicted molar refractivity (Wildman–Crippen MR) is 124 cm³/mol. The number of nitrogens with one attached hydrogen (secondary N) is 2. The maximum Gasteiger partial charge on any atom is 0.349 e. The number of halogens is 2. The molecule has 0 atom stereocenters. The van der Waals surface area contributed by atoms with Crippen molar-refractivity contribution < 1.29 is 14.0 Å². The van der Waals surface area contributed by atoms with E-state index in [1.807, 2.05) is 0 Å². The van der Waals surface area contributed by atoms with Gasteiger partial charge in [0.1, 0.15) is 16.7 Å². The molecule has 166 valence electrons. The van der Waals surface area contributed by atoms with Crippen LogP contribution in [-0.2, 0) is 6.54 Å². The van der Waals surface area contributed by atoms with E-state index in [4.69, 9.17) is 27.6 Å². The Morgan fingerprint density at radius 2 is 1.58 bits per heavy atom. The number of aromatic nitrogens is 1. The van der Waals surface area contributed by atoms with Gasteiger partial charge >= 0.3 is 5.63 Å². The van der Waals surface area contributed by atoms with E-state index in [-0.39, 0.29) is 17.7 Å². The number of hydrogen-bond acceptors (Lipinski definition) is 5. The third-order valence-corrected chi connectivity index (χ3v) is 5.52. The molecule has 0 saturated carbocycles. The van der Waals surface area contributed by atoms with Gasteiger partial charge < -0.3 is 8.98 Å². The van der Waals surface area contributed by atoms with Crippen LogP contribution in [0.3, 0.4) is 0 Å². The zero-order chi connectivity index (χ0) is 23.5. The van der Waals surface area contributed by atoms with Crippen LogP contribution in [0.25, 0.3) is 11.0 Å². The molecule has 10 heteroatoms. The molecule has 33 heavy (non-hydrogen) atoms. The highest BCUT2D eigenvalue weighted by atomic mass is 35.5. The minimum absolute atomic E-state index is 0.154. The monoisotopic (exact) mass is 483 g/mol. The molecule has 2 amide bonds. The highest BCUT2D eigenvalue weighted by Crippen LogP contribution is 2.22. The normalized spacial score (nSPS) is 10.7. The zero-order valence-electron chi connectivity index (χ0n) is 16.8. The van der Waals surface area contributed by atoms with Crippen LogP contribution >= 0.6 is 23.2 Å². The first-order chi connectivity index (χ1) is 15.8. The fraction of sp³-hybridized carbons (Fsp3) is 0.0435. The van der Waals surface area contributed by atoms with E-state index < -0.39 is 23.0 Å². The first-order valence-electron chi connectivity index (χ1n) is 9.60. The van der Waals surface area contributed by atoms with Crippen molar-refractivity contribution in [3.8, 4) is 0 Å². The fourth-order valence-corrected chi connectivity index (χ4v) is 3.46. The van der Waals surface area contributed by atoms with E-state index in [9.17, 15) is 19.2 Å². The van der Waals surface area contributed by atoms with E-state index in [0.29, 0.717) is 26.6 Å². The Hall–Kier alpha value is -3.88. The van der Waals surface area contributed by atoms with Crippen molar-refractivity contribution in [1.29, 1.82) is 0 Å². The van der Waals surface area contributed by atoms with Crippen LogP contribution in [0.1, 0.15) is 26.3 Å². The molecule has 0 saturated heterocycles. The predicted octanol–water partition coefficient (Wildman–Crippen LogP) is 3.38. The van der Waals surface area contributed by atoms with Crippen LogP contribution in [-0.4, -0.2) is 16.4 Å². The second-order valence-corrected chi connectivity index (χ2v) is 7.81. The highest BCUT2D eigenvalue weighted by Gasteiger charge is 2.17. The summed E-state index contributed by atoms with van der Waals surface area (Å²) in [6.45, 7) is 0.154. The third-order valence-electron chi connectivity index (χ3n) is 4.78. The van der Waals surface area contributed by atoms with E-state index in [0.717, 1.165) is 0 Å². The molecule has 2 N–H and O–H groups in total. The maximum atomic E-state index is 12.7. The molecule has 0 aliphatic heterocycles. The fourth-order valence-electron chi connectivity index (χ4n) is 3.14. The third kappa shape index (κ3) is 4.82. The highest BCUT2D eigenvalue weighted by molar-refractivity contribution is 6.42. The number of benzene rings is 2.